The van der Waals surface area contributed by atoms with Crippen LogP contribution in [-0.4, -0.2) is 43.9 Å². The quantitative estimate of drug-likeness (QED) is 0.739. The summed E-state index contributed by atoms with van der Waals surface area (Å²) in [5.41, 5.74) is -1.60. The van der Waals surface area contributed by atoms with Gasteiger partial charge in [0.25, 0.3) is 0 Å². The predicted octanol–water partition coefficient (Wildman–Crippen LogP) is 4.21. The van der Waals surface area contributed by atoms with Gasteiger partial charge in [0.1, 0.15) is 0 Å². The number of β-amino-alcohol motifs (C(OH)–C–C–N with tert-alkyl or cyclic N) is 1. The van der Waals surface area contributed by atoms with Crippen LogP contribution in [0.3, 0.4) is 0 Å². The highest BCUT2D eigenvalue weighted by Gasteiger charge is 2.43. The van der Waals surface area contributed by atoms with Gasteiger partial charge in [-0.3, -0.25) is 4.90 Å². The molecule has 0 aliphatic carbocycles. The second-order valence-electron chi connectivity index (χ2n) is 10.8. The molecular weight excluding hydrogens is 274 g/mol. The summed E-state index contributed by atoms with van der Waals surface area (Å²) in [6.07, 6.45) is 1.68. The Kier molecular flexibility index (Phi) is 6.38. The summed E-state index contributed by atoms with van der Waals surface area (Å²) in [5.74, 6) is 0. The molecule has 0 aromatic heterocycles. The minimum Gasteiger partial charge on any atom is -0.390 e. The van der Waals surface area contributed by atoms with Crippen molar-refractivity contribution in [2.45, 2.75) is 111 Å². The Balaban J connectivity index is 5.63. The molecule has 0 saturated heterocycles. The van der Waals surface area contributed by atoms with E-state index in [2.05, 4.69) is 53.4 Å². The zero-order valence-electron chi connectivity index (χ0n) is 17.0. The van der Waals surface area contributed by atoms with E-state index in [9.17, 15) is 10.2 Å². The minimum absolute atomic E-state index is 0.0764. The molecule has 0 atom stereocenters. The Morgan fingerprint density at radius 3 is 1.23 bits per heavy atom. The predicted molar refractivity (Wildman–Crippen MR) is 96.1 cm³/mol. The summed E-state index contributed by atoms with van der Waals surface area (Å²) in [6, 6.07) is 0. The summed E-state index contributed by atoms with van der Waals surface area (Å²) in [6.45, 7) is 23.6. The van der Waals surface area contributed by atoms with Gasteiger partial charge < -0.3 is 10.2 Å². The third-order valence-electron chi connectivity index (χ3n) is 3.83. The maximum Gasteiger partial charge on any atom is 0.0718 e. The van der Waals surface area contributed by atoms with Crippen LogP contribution >= 0.6 is 0 Å². The molecular formula is C19H41NO2. The SMILES string of the molecule is CC(C)(C)CC(C)(C)N(CC(C)(C)O)C(C)(C)CC(C)(C)O. The van der Waals surface area contributed by atoms with Crippen LogP contribution in [0.4, 0.5) is 0 Å². The van der Waals surface area contributed by atoms with Gasteiger partial charge in [-0.25, -0.2) is 0 Å². The smallest absolute Gasteiger partial charge is 0.0718 e. The lowest BCUT2D eigenvalue weighted by Crippen LogP contribution is -2.61. The molecule has 0 rings (SSSR count). The monoisotopic (exact) mass is 315 g/mol. The van der Waals surface area contributed by atoms with E-state index in [1.807, 2.05) is 27.7 Å². The molecule has 0 heterocycles. The van der Waals surface area contributed by atoms with Crippen molar-refractivity contribution < 1.29 is 10.2 Å². The van der Waals surface area contributed by atoms with Crippen molar-refractivity contribution in [2.24, 2.45) is 5.41 Å². The van der Waals surface area contributed by atoms with E-state index < -0.39 is 11.2 Å². The first-order valence-electron chi connectivity index (χ1n) is 8.48. The van der Waals surface area contributed by atoms with E-state index >= 15 is 0 Å². The molecule has 0 unspecified atom stereocenters. The van der Waals surface area contributed by atoms with Crippen LogP contribution < -0.4 is 0 Å². The highest BCUT2D eigenvalue weighted by Crippen LogP contribution is 2.39. The molecule has 0 saturated carbocycles. The maximum atomic E-state index is 10.4. The number of nitrogens with zero attached hydrogens (tertiary/aromatic N) is 1. The Morgan fingerprint density at radius 1 is 0.591 bits per heavy atom. The van der Waals surface area contributed by atoms with Gasteiger partial charge in [-0.2, -0.15) is 0 Å². The number of rotatable bonds is 7. The fourth-order valence-corrected chi connectivity index (χ4v) is 4.18. The molecule has 2 N–H and O–H groups in total. The summed E-state index contributed by atoms with van der Waals surface area (Å²) in [5, 5.41) is 20.7. The molecule has 0 aromatic carbocycles. The van der Waals surface area contributed by atoms with Crippen LogP contribution in [-0.2, 0) is 0 Å². The molecule has 0 aliphatic heterocycles. The van der Waals surface area contributed by atoms with Crippen molar-refractivity contribution >= 4 is 0 Å². The molecule has 3 nitrogen and oxygen atoms in total. The summed E-state index contributed by atoms with van der Waals surface area (Å²) in [7, 11) is 0. The fraction of sp³-hybridized carbons (Fsp3) is 1.00. The average Bonchev–Trinajstić information content (AvgIpc) is 2.03. The molecule has 3 heteroatoms. The van der Waals surface area contributed by atoms with E-state index in [0.717, 1.165) is 6.42 Å². The average molecular weight is 316 g/mol. The van der Waals surface area contributed by atoms with Gasteiger partial charge in [0, 0.05) is 17.6 Å². The van der Waals surface area contributed by atoms with E-state index in [4.69, 9.17) is 0 Å². The van der Waals surface area contributed by atoms with Crippen LogP contribution in [0.15, 0.2) is 0 Å². The van der Waals surface area contributed by atoms with Gasteiger partial charge >= 0.3 is 0 Å². The Hall–Kier alpha value is -0.120. The summed E-state index contributed by atoms with van der Waals surface area (Å²) < 4.78 is 0. The van der Waals surface area contributed by atoms with Crippen LogP contribution in [0.1, 0.15) is 89.0 Å². The molecule has 0 radical (unpaired) electrons. The van der Waals surface area contributed by atoms with E-state index in [1.165, 1.54) is 0 Å². The number of hydrogen-bond donors (Lipinski definition) is 2. The molecule has 22 heavy (non-hydrogen) atoms. The van der Waals surface area contributed by atoms with Gasteiger partial charge in [-0.1, -0.05) is 20.8 Å². The highest BCUT2D eigenvalue weighted by atomic mass is 16.3. The third-order valence-corrected chi connectivity index (χ3v) is 3.83. The van der Waals surface area contributed by atoms with Gasteiger partial charge in [0.15, 0.2) is 0 Å². The topological polar surface area (TPSA) is 43.7 Å². The molecule has 0 spiro atoms. The van der Waals surface area contributed by atoms with Gasteiger partial charge in [0.05, 0.1) is 11.2 Å². The van der Waals surface area contributed by atoms with E-state index in [-0.39, 0.29) is 16.5 Å². The van der Waals surface area contributed by atoms with Crippen LogP contribution in [0.25, 0.3) is 0 Å². The van der Waals surface area contributed by atoms with Crippen LogP contribution in [0.5, 0.6) is 0 Å². The Morgan fingerprint density at radius 2 is 0.955 bits per heavy atom. The lowest BCUT2D eigenvalue weighted by atomic mass is 9.76. The van der Waals surface area contributed by atoms with Crippen molar-refractivity contribution in [3.63, 3.8) is 0 Å². The third kappa shape index (κ3) is 8.50. The second kappa shape index (κ2) is 6.41. The standard InChI is InChI=1S/C19H41NO2/c1-15(2,3)12-16(4,5)20(14-19(10,11)22)17(6,7)13-18(8,9)21/h21-22H,12-14H2,1-11H3. The fourth-order valence-electron chi connectivity index (χ4n) is 4.18. The molecule has 0 aromatic rings. The van der Waals surface area contributed by atoms with Crippen LogP contribution in [0, 0.1) is 5.41 Å². The zero-order chi connectivity index (χ0) is 18.2. The molecule has 0 amide bonds. The van der Waals surface area contributed by atoms with Crippen molar-refractivity contribution in [1.29, 1.82) is 0 Å². The maximum absolute atomic E-state index is 10.4. The molecule has 0 aliphatic rings. The van der Waals surface area contributed by atoms with Gasteiger partial charge in [-0.15, -0.1) is 0 Å². The highest BCUT2D eigenvalue weighted by molar-refractivity contribution is 4.98. The largest absolute Gasteiger partial charge is 0.390 e. The van der Waals surface area contributed by atoms with Crippen molar-refractivity contribution in [1.82, 2.24) is 4.90 Å². The first kappa shape index (κ1) is 21.9. The zero-order valence-corrected chi connectivity index (χ0v) is 17.0. The van der Waals surface area contributed by atoms with E-state index in [1.54, 1.807) is 0 Å². The lowest BCUT2D eigenvalue weighted by molar-refractivity contribution is -0.0889. The van der Waals surface area contributed by atoms with Gasteiger partial charge in [-0.05, 0) is 73.6 Å². The van der Waals surface area contributed by atoms with Crippen molar-refractivity contribution in [3.05, 3.63) is 0 Å². The van der Waals surface area contributed by atoms with Crippen LogP contribution in [0.2, 0.25) is 0 Å². The van der Waals surface area contributed by atoms with Crippen molar-refractivity contribution in [2.75, 3.05) is 6.54 Å². The lowest BCUT2D eigenvalue weighted by Gasteiger charge is -2.53. The summed E-state index contributed by atoms with van der Waals surface area (Å²) >= 11 is 0. The Bertz CT molecular complexity index is 323. The van der Waals surface area contributed by atoms with Gasteiger partial charge in [0.2, 0.25) is 0 Å². The summed E-state index contributed by atoms with van der Waals surface area (Å²) in [4.78, 5) is 2.38. The first-order valence-corrected chi connectivity index (χ1v) is 8.48. The first-order chi connectivity index (χ1) is 9.25. The normalized spacial score (nSPS) is 15.5. The molecule has 0 fully saturated rings. The van der Waals surface area contributed by atoms with E-state index in [0.29, 0.717) is 13.0 Å². The molecule has 0 bridgehead atoms. The molecule has 134 valence electrons. The van der Waals surface area contributed by atoms with Crippen molar-refractivity contribution in [3.8, 4) is 0 Å². The number of hydrogen-bond acceptors (Lipinski definition) is 3. The minimum atomic E-state index is -0.772. The second-order valence-corrected chi connectivity index (χ2v) is 10.8. The number of aliphatic hydroxyl groups is 2. The Labute approximate surface area is 139 Å².